The van der Waals surface area contributed by atoms with Gasteiger partial charge in [-0.2, -0.15) is 0 Å². The molecule has 0 saturated carbocycles. The molecule has 1 aromatic rings. The summed E-state index contributed by atoms with van der Waals surface area (Å²) in [7, 11) is 0. The SMILES string of the molecule is FCCN1CCN(c2ccc(I)cc2)CC1. The molecule has 1 aliphatic rings. The molecule has 0 radical (unpaired) electrons. The van der Waals surface area contributed by atoms with E-state index in [9.17, 15) is 4.39 Å². The van der Waals surface area contributed by atoms with Crippen LogP contribution in [0.1, 0.15) is 0 Å². The van der Waals surface area contributed by atoms with E-state index in [-0.39, 0.29) is 6.67 Å². The molecule has 1 heterocycles. The summed E-state index contributed by atoms with van der Waals surface area (Å²) in [5.74, 6) is 0. The van der Waals surface area contributed by atoms with Crippen molar-refractivity contribution in [2.75, 3.05) is 44.3 Å². The predicted octanol–water partition coefficient (Wildman–Crippen LogP) is 2.38. The summed E-state index contributed by atoms with van der Waals surface area (Å²) in [6, 6.07) is 8.58. The topological polar surface area (TPSA) is 6.48 Å². The van der Waals surface area contributed by atoms with E-state index in [4.69, 9.17) is 0 Å². The second-order valence-corrected chi connectivity index (χ2v) is 5.24. The van der Waals surface area contributed by atoms with Gasteiger partial charge in [-0.1, -0.05) is 0 Å². The van der Waals surface area contributed by atoms with Crippen LogP contribution in [-0.4, -0.2) is 44.3 Å². The Morgan fingerprint density at radius 3 is 2.25 bits per heavy atom. The van der Waals surface area contributed by atoms with Crippen molar-refractivity contribution in [1.29, 1.82) is 0 Å². The van der Waals surface area contributed by atoms with Gasteiger partial charge in [0, 0.05) is 42.0 Å². The lowest BCUT2D eigenvalue weighted by molar-refractivity contribution is 0.235. The molecule has 0 bridgehead atoms. The molecule has 0 spiro atoms. The van der Waals surface area contributed by atoms with Gasteiger partial charge >= 0.3 is 0 Å². The molecule has 1 saturated heterocycles. The number of hydrogen-bond donors (Lipinski definition) is 0. The molecule has 0 amide bonds. The highest BCUT2D eigenvalue weighted by atomic mass is 127. The lowest BCUT2D eigenvalue weighted by atomic mass is 10.2. The zero-order valence-corrected chi connectivity index (χ0v) is 11.4. The number of anilines is 1. The number of nitrogens with zero attached hydrogens (tertiary/aromatic N) is 2. The second kappa shape index (κ2) is 5.82. The molecule has 0 atom stereocenters. The van der Waals surface area contributed by atoms with Crippen molar-refractivity contribution in [3.8, 4) is 0 Å². The van der Waals surface area contributed by atoms with Crippen LogP contribution < -0.4 is 4.90 Å². The van der Waals surface area contributed by atoms with E-state index in [2.05, 4.69) is 56.7 Å². The molecule has 1 aliphatic heterocycles. The van der Waals surface area contributed by atoms with Crippen LogP contribution in [0.25, 0.3) is 0 Å². The standard InChI is InChI=1S/C12H16FIN2/c13-5-6-15-7-9-16(10-8-15)12-3-1-11(14)2-4-12/h1-4H,5-10H2. The minimum atomic E-state index is -0.233. The van der Waals surface area contributed by atoms with Crippen molar-refractivity contribution in [1.82, 2.24) is 4.90 Å². The molecule has 1 fully saturated rings. The van der Waals surface area contributed by atoms with Gasteiger partial charge in [0.05, 0.1) is 0 Å². The highest BCUT2D eigenvalue weighted by molar-refractivity contribution is 14.1. The van der Waals surface area contributed by atoms with Gasteiger partial charge in [-0.15, -0.1) is 0 Å². The van der Waals surface area contributed by atoms with Crippen molar-refractivity contribution in [3.05, 3.63) is 27.8 Å². The maximum Gasteiger partial charge on any atom is 0.102 e. The number of alkyl halides is 1. The molecular formula is C12H16FIN2. The summed E-state index contributed by atoms with van der Waals surface area (Å²) in [6.45, 7) is 4.29. The summed E-state index contributed by atoms with van der Waals surface area (Å²) in [5.41, 5.74) is 1.28. The van der Waals surface area contributed by atoms with Gasteiger partial charge in [0.15, 0.2) is 0 Å². The van der Waals surface area contributed by atoms with Crippen LogP contribution in [-0.2, 0) is 0 Å². The Kier molecular flexibility index (Phi) is 4.40. The molecule has 0 aromatic heterocycles. The number of benzene rings is 1. The summed E-state index contributed by atoms with van der Waals surface area (Å²) >= 11 is 2.31. The summed E-state index contributed by atoms with van der Waals surface area (Å²) in [6.07, 6.45) is 0. The van der Waals surface area contributed by atoms with Gasteiger partial charge in [0.2, 0.25) is 0 Å². The van der Waals surface area contributed by atoms with Crippen LogP contribution in [0.4, 0.5) is 10.1 Å². The summed E-state index contributed by atoms with van der Waals surface area (Å²) < 4.78 is 13.4. The Morgan fingerprint density at radius 2 is 1.69 bits per heavy atom. The van der Waals surface area contributed by atoms with Crippen LogP contribution in [0.5, 0.6) is 0 Å². The quantitative estimate of drug-likeness (QED) is 0.784. The normalized spacial score (nSPS) is 17.8. The Labute approximate surface area is 110 Å². The van der Waals surface area contributed by atoms with Crippen LogP contribution in [0.2, 0.25) is 0 Å². The van der Waals surface area contributed by atoms with Crippen molar-refractivity contribution < 1.29 is 4.39 Å². The largest absolute Gasteiger partial charge is 0.369 e. The third kappa shape index (κ3) is 3.07. The highest BCUT2D eigenvalue weighted by Gasteiger charge is 2.16. The first-order chi connectivity index (χ1) is 7.79. The summed E-state index contributed by atoms with van der Waals surface area (Å²) in [5, 5.41) is 0. The number of halogens is 2. The van der Waals surface area contributed by atoms with Crippen LogP contribution in [0.3, 0.4) is 0 Å². The molecule has 1 aromatic carbocycles. The van der Waals surface area contributed by atoms with E-state index in [0.29, 0.717) is 6.54 Å². The maximum absolute atomic E-state index is 12.2. The molecule has 88 valence electrons. The monoisotopic (exact) mass is 334 g/mol. The van der Waals surface area contributed by atoms with E-state index >= 15 is 0 Å². The lowest BCUT2D eigenvalue weighted by Gasteiger charge is -2.35. The Bertz CT molecular complexity index is 320. The second-order valence-electron chi connectivity index (χ2n) is 3.99. The molecule has 2 nitrogen and oxygen atoms in total. The van der Waals surface area contributed by atoms with Gasteiger partial charge < -0.3 is 4.90 Å². The van der Waals surface area contributed by atoms with Crippen LogP contribution >= 0.6 is 22.6 Å². The van der Waals surface area contributed by atoms with Crippen molar-refractivity contribution in [2.24, 2.45) is 0 Å². The van der Waals surface area contributed by atoms with Gasteiger partial charge in [-0.3, -0.25) is 4.90 Å². The van der Waals surface area contributed by atoms with Crippen LogP contribution in [0, 0.1) is 3.57 Å². The first kappa shape index (κ1) is 12.1. The maximum atomic E-state index is 12.2. The van der Waals surface area contributed by atoms with E-state index < -0.39 is 0 Å². The predicted molar refractivity (Wildman–Crippen MR) is 73.8 cm³/mol. The van der Waals surface area contributed by atoms with E-state index in [1.807, 2.05) is 0 Å². The molecule has 0 aliphatic carbocycles. The molecule has 16 heavy (non-hydrogen) atoms. The third-order valence-electron chi connectivity index (χ3n) is 2.96. The fraction of sp³-hybridized carbons (Fsp3) is 0.500. The van der Waals surface area contributed by atoms with E-state index in [0.717, 1.165) is 26.2 Å². The van der Waals surface area contributed by atoms with Crippen LogP contribution in [0.15, 0.2) is 24.3 Å². The molecule has 2 rings (SSSR count). The number of piperazine rings is 1. The fourth-order valence-corrected chi connectivity index (χ4v) is 2.36. The number of hydrogen-bond acceptors (Lipinski definition) is 2. The highest BCUT2D eigenvalue weighted by Crippen LogP contribution is 2.17. The van der Waals surface area contributed by atoms with Gasteiger partial charge in [-0.05, 0) is 46.9 Å². The first-order valence-electron chi connectivity index (χ1n) is 5.58. The van der Waals surface area contributed by atoms with Crippen molar-refractivity contribution in [2.45, 2.75) is 0 Å². The van der Waals surface area contributed by atoms with E-state index in [1.54, 1.807) is 0 Å². The first-order valence-corrected chi connectivity index (χ1v) is 6.66. The van der Waals surface area contributed by atoms with Gasteiger partial charge in [-0.25, -0.2) is 4.39 Å². The molecule has 0 unspecified atom stereocenters. The lowest BCUT2D eigenvalue weighted by Crippen LogP contribution is -2.47. The Hall–Kier alpha value is -0.360. The van der Waals surface area contributed by atoms with Gasteiger partial charge in [0.25, 0.3) is 0 Å². The Balaban J connectivity index is 1.91. The average molecular weight is 334 g/mol. The third-order valence-corrected chi connectivity index (χ3v) is 3.68. The smallest absolute Gasteiger partial charge is 0.102 e. The molecule has 0 N–H and O–H groups in total. The molecule has 4 heteroatoms. The van der Waals surface area contributed by atoms with Gasteiger partial charge in [0.1, 0.15) is 6.67 Å². The molecular weight excluding hydrogens is 318 g/mol. The summed E-state index contributed by atoms with van der Waals surface area (Å²) in [4.78, 5) is 4.55. The average Bonchev–Trinajstić information content (AvgIpc) is 2.32. The Morgan fingerprint density at radius 1 is 1.06 bits per heavy atom. The zero-order chi connectivity index (χ0) is 11.4. The minimum Gasteiger partial charge on any atom is -0.369 e. The van der Waals surface area contributed by atoms with Crippen molar-refractivity contribution >= 4 is 28.3 Å². The van der Waals surface area contributed by atoms with Crippen molar-refractivity contribution in [3.63, 3.8) is 0 Å². The zero-order valence-electron chi connectivity index (χ0n) is 9.20. The fourth-order valence-electron chi connectivity index (χ4n) is 2.00. The van der Waals surface area contributed by atoms with E-state index in [1.165, 1.54) is 9.26 Å². The number of rotatable bonds is 3. The minimum absolute atomic E-state index is 0.233.